The van der Waals surface area contributed by atoms with Crippen molar-refractivity contribution in [1.29, 1.82) is 0 Å². The van der Waals surface area contributed by atoms with Crippen LogP contribution < -0.4 is 5.32 Å². The van der Waals surface area contributed by atoms with Gasteiger partial charge in [-0.25, -0.2) is 0 Å². The van der Waals surface area contributed by atoms with Gasteiger partial charge < -0.3 is 15.0 Å². The van der Waals surface area contributed by atoms with E-state index in [1.54, 1.807) is 0 Å². The molecule has 0 radical (unpaired) electrons. The van der Waals surface area contributed by atoms with Gasteiger partial charge in [0.1, 0.15) is 0 Å². The third kappa shape index (κ3) is 4.97. The summed E-state index contributed by atoms with van der Waals surface area (Å²) in [5.41, 5.74) is 0. The zero-order chi connectivity index (χ0) is 15.1. The van der Waals surface area contributed by atoms with Crippen molar-refractivity contribution >= 4 is 11.8 Å². The van der Waals surface area contributed by atoms with Crippen LogP contribution in [0.5, 0.6) is 0 Å². The molecular weight excluding hydrogens is 270 g/mol. The maximum Gasteiger partial charge on any atom is 0.234 e. The molecule has 2 aliphatic rings. The molecule has 1 N–H and O–H groups in total. The molecule has 0 bridgehead atoms. The lowest BCUT2D eigenvalue weighted by Crippen LogP contribution is -2.48. The fraction of sp³-hybridized carbons (Fsp3) is 0.867. The second-order valence-corrected chi connectivity index (χ2v) is 5.84. The second kappa shape index (κ2) is 8.34. The first kappa shape index (κ1) is 16.2. The molecule has 2 saturated heterocycles. The van der Waals surface area contributed by atoms with Crippen LogP contribution in [0.4, 0.5) is 0 Å². The van der Waals surface area contributed by atoms with Gasteiger partial charge in [0.05, 0.1) is 19.8 Å². The van der Waals surface area contributed by atoms with E-state index in [9.17, 15) is 9.59 Å². The van der Waals surface area contributed by atoms with Crippen LogP contribution in [0.15, 0.2) is 0 Å². The van der Waals surface area contributed by atoms with Crippen LogP contribution in [0.3, 0.4) is 0 Å². The molecule has 0 aromatic carbocycles. The Morgan fingerprint density at radius 1 is 1.14 bits per heavy atom. The highest BCUT2D eigenvalue weighted by atomic mass is 16.5. The van der Waals surface area contributed by atoms with Crippen molar-refractivity contribution in [3.05, 3.63) is 0 Å². The number of rotatable bonds is 5. The SMILES string of the molecule is CCCNC(=O)CN1CCC(C(=O)N2CCOCC2)CC1. The van der Waals surface area contributed by atoms with E-state index in [0.29, 0.717) is 19.8 Å². The molecule has 0 spiro atoms. The highest BCUT2D eigenvalue weighted by Crippen LogP contribution is 2.20. The highest BCUT2D eigenvalue weighted by molar-refractivity contribution is 5.79. The fourth-order valence-corrected chi connectivity index (χ4v) is 2.90. The summed E-state index contributed by atoms with van der Waals surface area (Å²) in [7, 11) is 0. The summed E-state index contributed by atoms with van der Waals surface area (Å²) in [5.74, 6) is 0.487. The van der Waals surface area contributed by atoms with Crippen LogP contribution in [-0.2, 0) is 14.3 Å². The normalized spacial score (nSPS) is 21.3. The van der Waals surface area contributed by atoms with Crippen molar-refractivity contribution in [2.45, 2.75) is 26.2 Å². The van der Waals surface area contributed by atoms with Crippen molar-refractivity contribution in [2.75, 3.05) is 52.5 Å². The minimum absolute atomic E-state index is 0.0924. The molecule has 0 aliphatic carbocycles. The number of hydrogen-bond donors (Lipinski definition) is 1. The Morgan fingerprint density at radius 3 is 2.43 bits per heavy atom. The number of ether oxygens (including phenoxy) is 1. The Bertz CT molecular complexity index is 348. The van der Waals surface area contributed by atoms with E-state index in [1.165, 1.54) is 0 Å². The number of morpholine rings is 1. The van der Waals surface area contributed by atoms with E-state index in [1.807, 2.05) is 11.8 Å². The number of nitrogens with zero attached hydrogens (tertiary/aromatic N) is 2. The van der Waals surface area contributed by atoms with Crippen molar-refractivity contribution in [1.82, 2.24) is 15.1 Å². The Balaban J connectivity index is 1.70. The summed E-state index contributed by atoms with van der Waals surface area (Å²) < 4.78 is 5.28. The van der Waals surface area contributed by atoms with E-state index in [2.05, 4.69) is 10.2 Å². The van der Waals surface area contributed by atoms with Gasteiger partial charge in [0.2, 0.25) is 11.8 Å². The van der Waals surface area contributed by atoms with Crippen LogP contribution >= 0.6 is 0 Å². The Labute approximate surface area is 126 Å². The largest absolute Gasteiger partial charge is 0.378 e. The highest BCUT2D eigenvalue weighted by Gasteiger charge is 2.29. The summed E-state index contributed by atoms with van der Waals surface area (Å²) in [6.07, 6.45) is 2.68. The molecule has 0 atom stereocenters. The predicted octanol–water partition coefficient (Wildman–Crippen LogP) is 0.0834. The predicted molar refractivity (Wildman–Crippen MR) is 79.9 cm³/mol. The summed E-state index contributed by atoms with van der Waals surface area (Å²) in [5, 5.41) is 2.90. The molecule has 2 aliphatic heterocycles. The molecule has 2 heterocycles. The van der Waals surface area contributed by atoms with Crippen LogP contribution in [-0.4, -0.2) is 74.1 Å². The van der Waals surface area contributed by atoms with Gasteiger partial charge in [-0.05, 0) is 32.4 Å². The monoisotopic (exact) mass is 297 g/mol. The summed E-state index contributed by atoms with van der Waals surface area (Å²) in [4.78, 5) is 28.2. The Hall–Kier alpha value is -1.14. The molecule has 21 heavy (non-hydrogen) atoms. The van der Waals surface area contributed by atoms with Crippen molar-refractivity contribution in [3.8, 4) is 0 Å². The minimum Gasteiger partial charge on any atom is -0.378 e. The molecule has 6 nitrogen and oxygen atoms in total. The third-order valence-corrected chi connectivity index (χ3v) is 4.20. The first-order chi connectivity index (χ1) is 10.2. The number of carbonyl (C=O) groups excluding carboxylic acids is 2. The zero-order valence-corrected chi connectivity index (χ0v) is 13.0. The maximum atomic E-state index is 12.4. The fourth-order valence-electron chi connectivity index (χ4n) is 2.90. The van der Waals surface area contributed by atoms with Crippen LogP contribution in [0.1, 0.15) is 26.2 Å². The summed E-state index contributed by atoms with van der Waals surface area (Å²) in [6.45, 7) is 7.66. The smallest absolute Gasteiger partial charge is 0.234 e. The minimum atomic E-state index is 0.0924. The number of nitrogens with one attached hydrogen (secondary N) is 1. The lowest BCUT2D eigenvalue weighted by Gasteiger charge is -2.35. The molecule has 2 fully saturated rings. The number of carbonyl (C=O) groups is 2. The number of piperidine rings is 1. The van der Waals surface area contributed by atoms with E-state index < -0.39 is 0 Å². The third-order valence-electron chi connectivity index (χ3n) is 4.20. The van der Waals surface area contributed by atoms with Crippen LogP contribution in [0.2, 0.25) is 0 Å². The number of likely N-dealkylation sites (tertiary alicyclic amines) is 1. The van der Waals surface area contributed by atoms with Crippen LogP contribution in [0, 0.1) is 5.92 Å². The lowest BCUT2D eigenvalue weighted by molar-refractivity contribution is -0.141. The lowest BCUT2D eigenvalue weighted by atomic mass is 9.95. The molecule has 2 rings (SSSR count). The molecule has 0 aromatic rings. The average Bonchev–Trinajstić information content (AvgIpc) is 2.54. The van der Waals surface area contributed by atoms with Gasteiger partial charge >= 0.3 is 0 Å². The standard InChI is InChI=1S/C15H27N3O3/c1-2-5-16-14(19)12-17-6-3-13(4-7-17)15(20)18-8-10-21-11-9-18/h13H,2-12H2,1H3,(H,16,19). The maximum absolute atomic E-state index is 12.4. The van der Waals surface area contributed by atoms with Gasteiger partial charge in [-0.1, -0.05) is 6.92 Å². The van der Waals surface area contributed by atoms with Gasteiger partial charge in [0.25, 0.3) is 0 Å². The Morgan fingerprint density at radius 2 is 1.81 bits per heavy atom. The van der Waals surface area contributed by atoms with Gasteiger partial charge in [-0.2, -0.15) is 0 Å². The second-order valence-electron chi connectivity index (χ2n) is 5.84. The van der Waals surface area contributed by atoms with E-state index in [0.717, 1.165) is 52.0 Å². The molecule has 0 unspecified atom stereocenters. The molecular formula is C15H27N3O3. The van der Waals surface area contributed by atoms with Gasteiger partial charge in [0.15, 0.2) is 0 Å². The molecule has 120 valence electrons. The molecule has 6 heteroatoms. The van der Waals surface area contributed by atoms with Crippen LogP contribution in [0.25, 0.3) is 0 Å². The van der Waals surface area contributed by atoms with Crippen molar-refractivity contribution in [2.24, 2.45) is 5.92 Å². The van der Waals surface area contributed by atoms with Gasteiger partial charge in [0, 0.05) is 25.6 Å². The van der Waals surface area contributed by atoms with Crippen molar-refractivity contribution < 1.29 is 14.3 Å². The zero-order valence-electron chi connectivity index (χ0n) is 13.0. The summed E-state index contributed by atoms with van der Waals surface area (Å²) in [6, 6.07) is 0. The van der Waals surface area contributed by atoms with E-state index in [-0.39, 0.29) is 17.7 Å². The quantitative estimate of drug-likeness (QED) is 0.781. The topological polar surface area (TPSA) is 61.9 Å². The number of hydrogen-bond acceptors (Lipinski definition) is 4. The van der Waals surface area contributed by atoms with Crippen molar-refractivity contribution in [3.63, 3.8) is 0 Å². The first-order valence-electron chi connectivity index (χ1n) is 8.06. The van der Waals surface area contributed by atoms with Gasteiger partial charge in [-0.15, -0.1) is 0 Å². The molecule has 0 saturated carbocycles. The van der Waals surface area contributed by atoms with Gasteiger partial charge in [-0.3, -0.25) is 14.5 Å². The molecule has 2 amide bonds. The van der Waals surface area contributed by atoms with E-state index in [4.69, 9.17) is 4.74 Å². The Kier molecular flexibility index (Phi) is 6.45. The molecule has 0 aromatic heterocycles. The number of amides is 2. The average molecular weight is 297 g/mol. The van der Waals surface area contributed by atoms with E-state index >= 15 is 0 Å². The first-order valence-corrected chi connectivity index (χ1v) is 8.06. The summed E-state index contributed by atoms with van der Waals surface area (Å²) >= 11 is 0.